The Morgan fingerprint density at radius 2 is 1.48 bits per heavy atom. The first kappa shape index (κ1) is 13.8. The lowest BCUT2D eigenvalue weighted by molar-refractivity contribution is 0.477. The number of hydrogen-bond donors (Lipinski definition) is 1. The average molecular weight is 299 g/mol. The van der Waals surface area contributed by atoms with E-state index < -0.39 is 0 Å². The first-order chi connectivity index (χ1) is 11.2. The van der Waals surface area contributed by atoms with E-state index in [1.165, 1.54) is 21.9 Å². The molecule has 1 heterocycles. The number of aromatic hydroxyl groups is 1. The molecule has 3 aromatic carbocycles. The lowest BCUT2D eigenvalue weighted by Gasteiger charge is -2.13. The number of aromatic nitrogens is 1. The fourth-order valence-electron chi connectivity index (χ4n) is 3.20. The summed E-state index contributed by atoms with van der Waals surface area (Å²) in [5, 5.41) is 13.7. The molecule has 0 amide bonds. The molecule has 2 nitrogen and oxygen atoms in total. The van der Waals surface area contributed by atoms with Gasteiger partial charge in [-0.25, -0.2) is 4.98 Å². The third kappa shape index (κ3) is 2.07. The fraction of sp³-hybridized carbons (Fsp3) is 0.0952. The summed E-state index contributed by atoms with van der Waals surface area (Å²) in [6.07, 6.45) is 0. The van der Waals surface area contributed by atoms with Gasteiger partial charge in [0.1, 0.15) is 5.75 Å². The van der Waals surface area contributed by atoms with Crippen molar-refractivity contribution in [3.8, 4) is 17.0 Å². The zero-order valence-electron chi connectivity index (χ0n) is 13.2. The number of para-hydroxylation sites is 1. The largest absolute Gasteiger partial charge is 0.507 e. The molecule has 0 atom stereocenters. The van der Waals surface area contributed by atoms with Crippen molar-refractivity contribution in [1.29, 1.82) is 0 Å². The van der Waals surface area contributed by atoms with E-state index in [9.17, 15) is 5.11 Å². The molecule has 4 rings (SSSR count). The second-order valence-corrected chi connectivity index (χ2v) is 5.92. The van der Waals surface area contributed by atoms with E-state index in [0.717, 1.165) is 22.2 Å². The van der Waals surface area contributed by atoms with Crippen molar-refractivity contribution in [3.63, 3.8) is 0 Å². The Hall–Kier alpha value is -2.87. The minimum atomic E-state index is 0.258. The first-order valence-electron chi connectivity index (χ1n) is 7.74. The highest BCUT2D eigenvalue weighted by atomic mass is 16.3. The normalized spacial score (nSPS) is 11.2. The van der Waals surface area contributed by atoms with Gasteiger partial charge >= 0.3 is 0 Å². The minimum absolute atomic E-state index is 0.258. The van der Waals surface area contributed by atoms with Gasteiger partial charge in [-0.3, -0.25) is 0 Å². The summed E-state index contributed by atoms with van der Waals surface area (Å²) >= 11 is 0. The minimum Gasteiger partial charge on any atom is -0.507 e. The molecule has 2 heteroatoms. The maximum absolute atomic E-state index is 10.3. The summed E-state index contributed by atoms with van der Waals surface area (Å²) in [4.78, 5) is 4.88. The Bertz CT molecular complexity index is 1050. The Morgan fingerprint density at radius 1 is 0.783 bits per heavy atom. The highest BCUT2D eigenvalue weighted by Gasteiger charge is 2.14. The molecule has 0 aliphatic rings. The lowest BCUT2D eigenvalue weighted by atomic mass is 9.95. The number of aryl methyl sites for hydroxylation is 2. The van der Waals surface area contributed by atoms with E-state index in [-0.39, 0.29) is 5.75 Å². The second kappa shape index (κ2) is 5.10. The van der Waals surface area contributed by atoms with Crippen LogP contribution in [0.4, 0.5) is 0 Å². The topological polar surface area (TPSA) is 33.1 Å². The van der Waals surface area contributed by atoms with Crippen LogP contribution in [-0.4, -0.2) is 10.1 Å². The zero-order chi connectivity index (χ0) is 16.0. The number of rotatable bonds is 1. The van der Waals surface area contributed by atoms with Gasteiger partial charge in [0.05, 0.1) is 11.2 Å². The number of fused-ring (bicyclic) bond motifs is 3. The number of benzene rings is 3. The van der Waals surface area contributed by atoms with Gasteiger partial charge in [0.15, 0.2) is 0 Å². The van der Waals surface area contributed by atoms with E-state index >= 15 is 0 Å². The summed E-state index contributed by atoms with van der Waals surface area (Å²) in [7, 11) is 0. The van der Waals surface area contributed by atoms with Gasteiger partial charge in [0.2, 0.25) is 0 Å². The van der Waals surface area contributed by atoms with Crippen LogP contribution in [0.15, 0.2) is 60.7 Å². The van der Waals surface area contributed by atoms with Gasteiger partial charge in [-0.1, -0.05) is 42.5 Å². The standard InChI is InChI=1S/C21H17NO/c1-13-11-12-18-20(14(13)2)15-7-3-4-8-16(15)21(22-18)17-9-5-6-10-19(17)23/h3-12,23H,1-2H3. The molecule has 0 bridgehead atoms. The predicted octanol–water partition coefficient (Wildman–Crippen LogP) is 5.38. The highest BCUT2D eigenvalue weighted by Crippen LogP contribution is 2.37. The molecule has 0 fully saturated rings. The molecule has 1 aromatic heterocycles. The molecular weight excluding hydrogens is 282 g/mol. The Labute approximate surface area is 135 Å². The van der Waals surface area contributed by atoms with Crippen molar-refractivity contribution < 1.29 is 5.11 Å². The van der Waals surface area contributed by atoms with E-state index in [1.807, 2.05) is 24.3 Å². The summed E-state index contributed by atoms with van der Waals surface area (Å²) in [6.45, 7) is 4.27. The van der Waals surface area contributed by atoms with Gasteiger partial charge in [-0.15, -0.1) is 0 Å². The highest BCUT2D eigenvalue weighted by molar-refractivity contribution is 6.12. The van der Waals surface area contributed by atoms with Gasteiger partial charge < -0.3 is 5.11 Å². The van der Waals surface area contributed by atoms with Crippen molar-refractivity contribution in [2.45, 2.75) is 13.8 Å². The Kier molecular flexibility index (Phi) is 3.05. The number of phenols is 1. The van der Waals surface area contributed by atoms with Crippen LogP contribution in [0.2, 0.25) is 0 Å². The fourth-order valence-corrected chi connectivity index (χ4v) is 3.20. The third-order valence-corrected chi connectivity index (χ3v) is 4.56. The van der Waals surface area contributed by atoms with Crippen molar-refractivity contribution in [2.75, 3.05) is 0 Å². The number of phenolic OH excluding ortho intramolecular Hbond substituents is 1. The molecule has 4 aromatic rings. The average Bonchev–Trinajstić information content (AvgIpc) is 2.58. The van der Waals surface area contributed by atoms with Crippen LogP contribution >= 0.6 is 0 Å². The Balaban J connectivity index is 2.22. The maximum Gasteiger partial charge on any atom is 0.124 e. The van der Waals surface area contributed by atoms with Crippen LogP contribution in [0.3, 0.4) is 0 Å². The smallest absolute Gasteiger partial charge is 0.124 e. The van der Waals surface area contributed by atoms with Crippen LogP contribution in [0.5, 0.6) is 5.75 Å². The summed E-state index contributed by atoms with van der Waals surface area (Å²) in [5.41, 5.74) is 5.08. The SMILES string of the molecule is Cc1ccc2nc(-c3ccccc3O)c3ccccc3c2c1C. The van der Waals surface area contributed by atoms with Gasteiger partial charge in [0.25, 0.3) is 0 Å². The molecule has 0 spiro atoms. The predicted molar refractivity (Wildman–Crippen MR) is 95.8 cm³/mol. The number of pyridine rings is 1. The van der Waals surface area contributed by atoms with Crippen LogP contribution in [-0.2, 0) is 0 Å². The Morgan fingerprint density at radius 3 is 2.26 bits per heavy atom. The molecular formula is C21H17NO. The van der Waals surface area contributed by atoms with Crippen molar-refractivity contribution in [3.05, 3.63) is 71.8 Å². The molecule has 23 heavy (non-hydrogen) atoms. The molecule has 0 unspecified atom stereocenters. The van der Waals surface area contributed by atoms with Crippen LogP contribution < -0.4 is 0 Å². The quantitative estimate of drug-likeness (QED) is 0.479. The molecule has 0 saturated carbocycles. The lowest BCUT2D eigenvalue weighted by Crippen LogP contribution is -1.93. The molecule has 1 N–H and O–H groups in total. The van der Waals surface area contributed by atoms with Crippen LogP contribution in [0, 0.1) is 13.8 Å². The van der Waals surface area contributed by atoms with Crippen molar-refractivity contribution in [2.24, 2.45) is 0 Å². The van der Waals surface area contributed by atoms with Crippen molar-refractivity contribution >= 4 is 21.7 Å². The monoisotopic (exact) mass is 299 g/mol. The van der Waals surface area contributed by atoms with E-state index in [0.29, 0.717) is 0 Å². The number of hydrogen-bond acceptors (Lipinski definition) is 2. The van der Waals surface area contributed by atoms with E-state index in [2.05, 4.69) is 44.2 Å². The summed E-state index contributed by atoms with van der Waals surface area (Å²) < 4.78 is 0. The van der Waals surface area contributed by atoms with Gasteiger partial charge in [-0.05, 0) is 48.6 Å². The second-order valence-electron chi connectivity index (χ2n) is 5.92. The first-order valence-corrected chi connectivity index (χ1v) is 7.74. The van der Waals surface area contributed by atoms with E-state index in [4.69, 9.17) is 4.98 Å². The number of nitrogens with zero attached hydrogens (tertiary/aromatic N) is 1. The molecule has 0 saturated heterocycles. The van der Waals surface area contributed by atoms with Crippen LogP contribution in [0.25, 0.3) is 32.9 Å². The molecule has 0 radical (unpaired) electrons. The summed E-state index contributed by atoms with van der Waals surface area (Å²) in [5.74, 6) is 0.258. The molecule has 0 aliphatic carbocycles. The maximum atomic E-state index is 10.3. The summed E-state index contributed by atoms with van der Waals surface area (Å²) in [6, 6.07) is 19.8. The van der Waals surface area contributed by atoms with E-state index in [1.54, 1.807) is 6.07 Å². The van der Waals surface area contributed by atoms with Crippen LogP contribution in [0.1, 0.15) is 11.1 Å². The third-order valence-electron chi connectivity index (χ3n) is 4.56. The van der Waals surface area contributed by atoms with Gasteiger partial charge in [-0.2, -0.15) is 0 Å². The van der Waals surface area contributed by atoms with Crippen molar-refractivity contribution in [1.82, 2.24) is 4.98 Å². The molecule has 112 valence electrons. The zero-order valence-corrected chi connectivity index (χ0v) is 13.2. The molecule has 0 aliphatic heterocycles. The van der Waals surface area contributed by atoms with Gasteiger partial charge in [0, 0.05) is 16.3 Å².